The number of thiol groups is 1. The standard InChI is InChI=1S/C12H23NO4S/c1-13(2,3)9-12(17,8-11(15)16)10(14)6-4-5-7-18/h17H,4-9H2,1-3H3,(H-,15,16,18)/p+1. The summed E-state index contributed by atoms with van der Waals surface area (Å²) in [6, 6.07) is 0. The van der Waals surface area contributed by atoms with Crippen LogP contribution in [-0.2, 0) is 9.59 Å². The highest BCUT2D eigenvalue weighted by molar-refractivity contribution is 7.80. The van der Waals surface area contributed by atoms with Gasteiger partial charge >= 0.3 is 5.97 Å². The van der Waals surface area contributed by atoms with Crippen LogP contribution < -0.4 is 0 Å². The molecule has 0 spiro atoms. The van der Waals surface area contributed by atoms with E-state index in [0.717, 1.165) is 6.42 Å². The summed E-state index contributed by atoms with van der Waals surface area (Å²) >= 11 is 4.05. The first-order valence-electron chi connectivity index (χ1n) is 5.99. The van der Waals surface area contributed by atoms with Gasteiger partial charge in [0.25, 0.3) is 0 Å². The van der Waals surface area contributed by atoms with Crippen LogP contribution in [0.5, 0.6) is 0 Å². The van der Waals surface area contributed by atoms with Gasteiger partial charge in [-0.15, -0.1) is 0 Å². The molecular weight excluding hydrogens is 254 g/mol. The summed E-state index contributed by atoms with van der Waals surface area (Å²) in [6.07, 6.45) is 1.07. The molecular formula is C12H24NO4S+. The van der Waals surface area contributed by atoms with Gasteiger partial charge in [0.1, 0.15) is 6.54 Å². The van der Waals surface area contributed by atoms with E-state index in [1.165, 1.54) is 0 Å². The molecule has 0 saturated carbocycles. The first-order chi connectivity index (χ1) is 8.10. The molecule has 0 heterocycles. The van der Waals surface area contributed by atoms with Crippen LogP contribution in [0.15, 0.2) is 0 Å². The van der Waals surface area contributed by atoms with Crippen molar-refractivity contribution in [3.63, 3.8) is 0 Å². The van der Waals surface area contributed by atoms with Crippen molar-refractivity contribution in [2.24, 2.45) is 0 Å². The molecule has 0 saturated heterocycles. The molecule has 0 aliphatic rings. The Balaban J connectivity index is 4.74. The van der Waals surface area contributed by atoms with Crippen LogP contribution >= 0.6 is 12.6 Å². The molecule has 106 valence electrons. The van der Waals surface area contributed by atoms with E-state index in [4.69, 9.17) is 5.11 Å². The number of nitrogens with zero attached hydrogens (tertiary/aromatic N) is 1. The minimum Gasteiger partial charge on any atom is -0.481 e. The largest absolute Gasteiger partial charge is 0.481 e. The first kappa shape index (κ1) is 17.4. The van der Waals surface area contributed by atoms with Crippen LogP contribution in [0.2, 0.25) is 0 Å². The van der Waals surface area contributed by atoms with E-state index in [-0.39, 0.29) is 18.7 Å². The topological polar surface area (TPSA) is 74.6 Å². The van der Waals surface area contributed by atoms with Crippen LogP contribution in [0, 0.1) is 0 Å². The summed E-state index contributed by atoms with van der Waals surface area (Å²) in [5.41, 5.74) is -1.78. The number of Topliss-reactive ketones (excluding diaryl/α,β-unsaturated/α-hetero) is 1. The van der Waals surface area contributed by atoms with E-state index < -0.39 is 18.0 Å². The fraction of sp³-hybridized carbons (Fsp3) is 0.833. The fourth-order valence-corrected chi connectivity index (χ4v) is 2.13. The Labute approximate surface area is 114 Å². The molecule has 18 heavy (non-hydrogen) atoms. The zero-order chi connectivity index (χ0) is 14.4. The van der Waals surface area contributed by atoms with Crippen molar-refractivity contribution in [3.8, 4) is 0 Å². The number of carbonyl (C=O) groups excluding carboxylic acids is 1. The minimum atomic E-state index is -1.78. The molecule has 0 aliphatic heterocycles. The van der Waals surface area contributed by atoms with E-state index in [2.05, 4.69) is 12.6 Å². The summed E-state index contributed by atoms with van der Waals surface area (Å²) in [5, 5.41) is 19.2. The van der Waals surface area contributed by atoms with Gasteiger partial charge in [0, 0.05) is 6.42 Å². The molecule has 0 rings (SSSR count). The number of carbonyl (C=O) groups is 2. The number of hydrogen-bond donors (Lipinski definition) is 3. The Morgan fingerprint density at radius 2 is 1.78 bits per heavy atom. The molecule has 1 atom stereocenters. The second kappa shape index (κ2) is 7.11. The number of carboxylic acid groups (broad SMARTS) is 1. The minimum absolute atomic E-state index is 0.0962. The maximum atomic E-state index is 12.0. The molecule has 0 aromatic heterocycles. The van der Waals surface area contributed by atoms with Gasteiger partial charge in [-0.3, -0.25) is 9.59 Å². The summed E-state index contributed by atoms with van der Waals surface area (Å²) in [7, 11) is 5.44. The molecule has 0 aliphatic carbocycles. The van der Waals surface area contributed by atoms with Crippen molar-refractivity contribution in [2.45, 2.75) is 31.3 Å². The Kier molecular flexibility index (Phi) is 6.88. The summed E-state index contributed by atoms with van der Waals surface area (Å²) < 4.78 is 0.335. The fourth-order valence-electron chi connectivity index (χ4n) is 1.91. The number of carboxylic acids is 1. The Morgan fingerprint density at radius 1 is 1.22 bits per heavy atom. The van der Waals surface area contributed by atoms with Crippen molar-refractivity contribution in [1.29, 1.82) is 0 Å². The van der Waals surface area contributed by atoms with E-state index >= 15 is 0 Å². The number of unbranched alkanes of at least 4 members (excludes halogenated alkanes) is 1. The molecule has 0 fully saturated rings. The molecule has 1 unspecified atom stereocenters. The van der Waals surface area contributed by atoms with Crippen molar-refractivity contribution < 1.29 is 24.3 Å². The third-order valence-corrected chi connectivity index (χ3v) is 2.83. The number of likely N-dealkylation sites (N-methyl/N-ethyl adjacent to an activating group) is 1. The monoisotopic (exact) mass is 278 g/mol. The Morgan fingerprint density at radius 3 is 2.17 bits per heavy atom. The molecule has 0 aromatic carbocycles. The van der Waals surface area contributed by atoms with Gasteiger partial charge in [-0.05, 0) is 18.6 Å². The van der Waals surface area contributed by atoms with Gasteiger partial charge in [-0.2, -0.15) is 12.6 Å². The molecule has 6 heteroatoms. The molecule has 0 amide bonds. The van der Waals surface area contributed by atoms with E-state index in [9.17, 15) is 14.7 Å². The maximum Gasteiger partial charge on any atom is 0.306 e. The summed E-state index contributed by atoms with van der Waals surface area (Å²) in [5.74, 6) is -0.867. The number of rotatable bonds is 9. The van der Waals surface area contributed by atoms with Crippen LogP contribution in [0.3, 0.4) is 0 Å². The van der Waals surface area contributed by atoms with Gasteiger partial charge in [0.2, 0.25) is 0 Å². The Bertz CT molecular complexity index is 301. The van der Waals surface area contributed by atoms with Crippen LogP contribution in [-0.4, -0.2) is 65.5 Å². The van der Waals surface area contributed by atoms with E-state index in [1.807, 2.05) is 21.1 Å². The van der Waals surface area contributed by atoms with Crippen molar-refractivity contribution >= 4 is 24.4 Å². The lowest BCUT2D eigenvalue weighted by Gasteiger charge is -2.33. The van der Waals surface area contributed by atoms with Crippen molar-refractivity contribution in [1.82, 2.24) is 0 Å². The number of quaternary nitrogens is 1. The molecule has 0 bridgehead atoms. The lowest BCUT2D eigenvalue weighted by atomic mass is 9.90. The zero-order valence-corrected chi connectivity index (χ0v) is 12.2. The van der Waals surface area contributed by atoms with Gasteiger partial charge in [-0.25, -0.2) is 0 Å². The first-order valence-corrected chi connectivity index (χ1v) is 6.63. The average Bonchev–Trinajstić information content (AvgIpc) is 2.13. The van der Waals surface area contributed by atoms with Gasteiger partial charge in [0.05, 0.1) is 27.6 Å². The maximum absolute atomic E-state index is 12.0. The highest BCUT2D eigenvalue weighted by atomic mass is 32.1. The van der Waals surface area contributed by atoms with Crippen molar-refractivity contribution in [2.75, 3.05) is 33.4 Å². The predicted octanol–water partition coefficient (Wildman–Crippen LogP) is 0.568. The third-order valence-electron chi connectivity index (χ3n) is 2.51. The van der Waals surface area contributed by atoms with E-state index in [0.29, 0.717) is 16.7 Å². The summed E-state index contributed by atoms with van der Waals surface area (Å²) in [4.78, 5) is 22.8. The van der Waals surface area contributed by atoms with Gasteiger partial charge < -0.3 is 14.7 Å². The van der Waals surface area contributed by atoms with Crippen LogP contribution in [0.4, 0.5) is 0 Å². The number of aliphatic hydroxyl groups is 1. The second-order valence-electron chi connectivity index (χ2n) is 5.65. The van der Waals surface area contributed by atoms with Crippen LogP contribution in [0.25, 0.3) is 0 Å². The van der Waals surface area contributed by atoms with Gasteiger partial charge in [-0.1, -0.05) is 0 Å². The molecule has 0 aromatic rings. The van der Waals surface area contributed by atoms with E-state index in [1.54, 1.807) is 0 Å². The normalized spacial score (nSPS) is 15.2. The van der Waals surface area contributed by atoms with Crippen LogP contribution in [0.1, 0.15) is 25.7 Å². The molecule has 5 nitrogen and oxygen atoms in total. The Hall–Kier alpha value is -0.590. The smallest absolute Gasteiger partial charge is 0.306 e. The predicted molar refractivity (Wildman–Crippen MR) is 72.8 cm³/mol. The average molecular weight is 278 g/mol. The number of aliphatic carboxylic acids is 1. The SMILES string of the molecule is C[N+](C)(C)CC(O)(CC(=O)O)C(=O)CCCCS. The quantitative estimate of drug-likeness (QED) is 0.327. The molecule has 2 N–H and O–H groups in total. The lowest BCUT2D eigenvalue weighted by molar-refractivity contribution is -0.875. The summed E-state index contributed by atoms with van der Waals surface area (Å²) in [6.45, 7) is 0.0962. The van der Waals surface area contributed by atoms with Crippen molar-refractivity contribution in [3.05, 3.63) is 0 Å². The molecule has 0 radical (unpaired) electrons. The lowest BCUT2D eigenvalue weighted by Crippen LogP contribution is -2.54. The zero-order valence-electron chi connectivity index (χ0n) is 11.3. The number of hydrogen-bond acceptors (Lipinski definition) is 4. The van der Waals surface area contributed by atoms with Gasteiger partial charge in [0.15, 0.2) is 11.4 Å². The highest BCUT2D eigenvalue weighted by Crippen LogP contribution is 2.19. The second-order valence-corrected chi connectivity index (χ2v) is 6.10. The third kappa shape index (κ3) is 6.98. The highest BCUT2D eigenvalue weighted by Gasteiger charge is 2.42. The number of ketones is 1.